The normalized spacial score (nSPS) is 10.5. The smallest absolute Gasteiger partial charge is 0.272 e. The fourth-order valence-corrected chi connectivity index (χ4v) is 2.33. The molecule has 1 amide bonds. The number of anilines is 1. The molecule has 0 bridgehead atoms. The molecule has 122 valence electrons. The Morgan fingerprint density at radius 2 is 1.75 bits per heavy atom. The molecule has 0 radical (unpaired) electrons. The van der Waals surface area contributed by atoms with Gasteiger partial charge in [-0.1, -0.05) is 17.7 Å². The molecule has 2 aromatic carbocycles. The molecule has 0 aliphatic heterocycles. The maximum atomic E-state index is 12.0. The Morgan fingerprint density at radius 3 is 2.50 bits per heavy atom. The van der Waals surface area contributed by atoms with Crippen molar-refractivity contribution in [2.75, 3.05) is 11.9 Å². The van der Waals surface area contributed by atoms with E-state index in [1.165, 1.54) is 12.1 Å². The second kappa shape index (κ2) is 6.59. The lowest BCUT2D eigenvalue weighted by Gasteiger charge is -2.09. The summed E-state index contributed by atoms with van der Waals surface area (Å²) < 4.78 is 5.34. The molecule has 8 heteroatoms. The number of hydrogen-bond donors (Lipinski definition) is 3. The summed E-state index contributed by atoms with van der Waals surface area (Å²) >= 11 is 5.77. The number of carbonyl (C=O) groups is 1. The van der Waals surface area contributed by atoms with E-state index in [0.717, 1.165) is 0 Å². The monoisotopic (exact) mass is 345 g/mol. The Balaban J connectivity index is 1.78. The second-order valence-corrected chi connectivity index (χ2v) is 5.36. The zero-order valence-corrected chi connectivity index (χ0v) is 13.0. The Kier molecular flexibility index (Phi) is 4.35. The Labute approximate surface area is 140 Å². The lowest BCUT2D eigenvalue weighted by Crippen LogP contribution is -2.24. The fourth-order valence-electron chi connectivity index (χ4n) is 2.20. The number of aromatic nitrogens is 2. The van der Waals surface area contributed by atoms with Gasteiger partial charge in [-0.3, -0.25) is 24.6 Å². The van der Waals surface area contributed by atoms with Gasteiger partial charge in [0.25, 0.3) is 17.0 Å². The second-order valence-electron chi connectivity index (χ2n) is 4.93. The largest absolute Gasteiger partial charge is 0.484 e. The first-order valence-corrected chi connectivity index (χ1v) is 7.34. The number of rotatable bonds is 4. The number of halogens is 1. The van der Waals surface area contributed by atoms with Crippen molar-refractivity contribution in [3.8, 4) is 5.75 Å². The molecule has 0 saturated heterocycles. The summed E-state index contributed by atoms with van der Waals surface area (Å²) in [7, 11) is 0. The third kappa shape index (κ3) is 3.31. The van der Waals surface area contributed by atoms with Gasteiger partial charge in [-0.25, -0.2) is 0 Å². The van der Waals surface area contributed by atoms with Crippen LogP contribution in [-0.2, 0) is 4.79 Å². The van der Waals surface area contributed by atoms with Gasteiger partial charge in [-0.05, 0) is 36.4 Å². The number of nitrogens with one attached hydrogen (secondary N) is 3. The van der Waals surface area contributed by atoms with Crippen LogP contribution in [-0.4, -0.2) is 22.7 Å². The molecular weight excluding hydrogens is 334 g/mol. The van der Waals surface area contributed by atoms with Crippen molar-refractivity contribution in [3.05, 3.63) is 68.2 Å². The van der Waals surface area contributed by atoms with Gasteiger partial charge in [0.15, 0.2) is 6.61 Å². The molecule has 3 aromatic rings. The van der Waals surface area contributed by atoms with Crippen molar-refractivity contribution in [2.24, 2.45) is 0 Å². The topological polar surface area (TPSA) is 104 Å². The summed E-state index contributed by atoms with van der Waals surface area (Å²) in [6, 6.07) is 11.2. The van der Waals surface area contributed by atoms with Crippen LogP contribution < -0.4 is 21.2 Å². The first-order valence-electron chi connectivity index (χ1n) is 6.96. The van der Waals surface area contributed by atoms with E-state index < -0.39 is 17.0 Å². The van der Waals surface area contributed by atoms with E-state index in [9.17, 15) is 14.4 Å². The highest BCUT2D eigenvalue weighted by Gasteiger charge is 2.11. The molecule has 0 unspecified atom stereocenters. The maximum Gasteiger partial charge on any atom is 0.272 e. The van der Waals surface area contributed by atoms with Crippen LogP contribution in [0.1, 0.15) is 0 Å². The van der Waals surface area contributed by atoms with Crippen LogP contribution >= 0.6 is 11.6 Å². The van der Waals surface area contributed by atoms with Crippen LogP contribution in [0.15, 0.2) is 52.1 Å². The average molecular weight is 346 g/mol. The summed E-state index contributed by atoms with van der Waals surface area (Å²) in [5.74, 6) is 0.0268. The fraction of sp³-hybridized carbons (Fsp3) is 0.0625. The van der Waals surface area contributed by atoms with Crippen molar-refractivity contribution in [2.45, 2.75) is 0 Å². The van der Waals surface area contributed by atoms with Crippen LogP contribution in [0.25, 0.3) is 10.8 Å². The van der Waals surface area contributed by atoms with E-state index in [0.29, 0.717) is 10.8 Å². The number of H-pyrrole nitrogens is 2. The molecule has 0 atom stereocenters. The molecule has 0 aliphatic rings. The average Bonchev–Trinajstić information content (AvgIpc) is 2.58. The van der Waals surface area contributed by atoms with Gasteiger partial charge in [0.05, 0.1) is 16.5 Å². The zero-order valence-electron chi connectivity index (χ0n) is 12.3. The zero-order chi connectivity index (χ0) is 17.1. The van der Waals surface area contributed by atoms with E-state index in [4.69, 9.17) is 16.3 Å². The highest BCUT2D eigenvalue weighted by Crippen LogP contribution is 2.18. The number of aromatic amines is 2. The first kappa shape index (κ1) is 15.8. The van der Waals surface area contributed by atoms with Gasteiger partial charge < -0.3 is 10.1 Å². The minimum Gasteiger partial charge on any atom is -0.484 e. The van der Waals surface area contributed by atoms with Crippen molar-refractivity contribution in [1.29, 1.82) is 0 Å². The number of hydrogen-bond acceptors (Lipinski definition) is 4. The number of amides is 1. The number of fused-ring (bicyclic) bond motifs is 1. The van der Waals surface area contributed by atoms with E-state index in [1.807, 2.05) is 0 Å². The van der Waals surface area contributed by atoms with E-state index >= 15 is 0 Å². The van der Waals surface area contributed by atoms with Gasteiger partial charge >= 0.3 is 0 Å². The van der Waals surface area contributed by atoms with Crippen LogP contribution in [0.2, 0.25) is 5.02 Å². The third-order valence-electron chi connectivity index (χ3n) is 3.28. The maximum absolute atomic E-state index is 12.0. The standard InChI is InChI=1S/C16H12ClN3O4/c17-9-4-6-10(7-5-9)24-8-13(21)18-12-3-1-2-11-14(12)16(23)20-19-15(11)22/h1-7H,8H2,(H,18,21)(H,19,22)(H,20,23). The molecule has 0 fully saturated rings. The lowest BCUT2D eigenvalue weighted by atomic mass is 10.1. The summed E-state index contributed by atoms with van der Waals surface area (Å²) in [5, 5.41) is 7.90. The van der Waals surface area contributed by atoms with Gasteiger partial charge in [0.2, 0.25) is 0 Å². The quantitative estimate of drug-likeness (QED) is 0.671. The molecule has 0 aliphatic carbocycles. The van der Waals surface area contributed by atoms with Gasteiger partial charge in [-0.2, -0.15) is 0 Å². The molecule has 0 spiro atoms. The Morgan fingerprint density at radius 1 is 1.04 bits per heavy atom. The lowest BCUT2D eigenvalue weighted by molar-refractivity contribution is -0.118. The van der Waals surface area contributed by atoms with Crippen molar-refractivity contribution < 1.29 is 9.53 Å². The molecule has 7 nitrogen and oxygen atoms in total. The summed E-state index contributed by atoms with van der Waals surface area (Å²) in [6.07, 6.45) is 0. The number of ether oxygens (including phenoxy) is 1. The third-order valence-corrected chi connectivity index (χ3v) is 3.54. The molecule has 24 heavy (non-hydrogen) atoms. The predicted octanol–water partition coefficient (Wildman–Crippen LogP) is 1.89. The minimum atomic E-state index is -0.501. The number of carbonyl (C=O) groups excluding carboxylic acids is 1. The molecule has 1 aromatic heterocycles. The molecule has 1 heterocycles. The summed E-state index contributed by atoms with van der Waals surface area (Å²) in [4.78, 5) is 35.7. The van der Waals surface area contributed by atoms with Gasteiger partial charge in [0.1, 0.15) is 5.75 Å². The van der Waals surface area contributed by atoms with E-state index in [-0.39, 0.29) is 23.1 Å². The first-order chi connectivity index (χ1) is 11.5. The Hall–Kier alpha value is -3.06. The molecule has 3 rings (SSSR count). The van der Waals surface area contributed by atoms with E-state index in [2.05, 4.69) is 15.5 Å². The van der Waals surface area contributed by atoms with Crippen LogP contribution in [0.5, 0.6) is 5.75 Å². The molecule has 3 N–H and O–H groups in total. The highest BCUT2D eigenvalue weighted by molar-refractivity contribution is 6.30. The van der Waals surface area contributed by atoms with Crippen LogP contribution in [0, 0.1) is 0 Å². The van der Waals surface area contributed by atoms with Crippen LogP contribution in [0.3, 0.4) is 0 Å². The molecule has 0 saturated carbocycles. The SMILES string of the molecule is O=C(COc1ccc(Cl)cc1)Nc1cccc2c(=O)[nH][nH]c(=O)c12. The highest BCUT2D eigenvalue weighted by atomic mass is 35.5. The number of benzene rings is 2. The van der Waals surface area contributed by atoms with Gasteiger partial charge in [0, 0.05) is 5.02 Å². The summed E-state index contributed by atoms with van der Waals surface area (Å²) in [6.45, 7) is -0.251. The predicted molar refractivity (Wildman–Crippen MR) is 90.8 cm³/mol. The van der Waals surface area contributed by atoms with Crippen LogP contribution in [0.4, 0.5) is 5.69 Å². The molecular formula is C16H12ClN3O4. The van der Waals surface area contributed by atoms with Crippen molar-refractivity contribution >= 4 is 34.0 Å². The Bertz CT molecular complexity index is 1010. The minimum absolute atomic E-state index is 0.112. The summed E-state index contributed by atoms with van der Waals surface area (Å²) in [5.41, 5.74) is -0.707. The van der Waals surface area contributed by atoms with Crippen molar-refractivity contribution in [3.63, 3.8) is 0 Å². The van der Waals surface area contributed by atoms with Crippen molar-refractivity contribution in [1.82, 2.24) is 10.2 Å². The van der Waals surface area contributed by atoms with E-state index in [1.54, 1.807) is 30.3 Å². The van der Waals surface area contributed by atoms with Gasteiger partial charge in [-0.15, -0.1) is 0 Å².